The third-order valence-electron chi connectivity index (χ3n) is 1.16. The molecule has 6 heteroatoms. The van der Waals surface area contributed by atoms with Crippen molar-refractivity contribution < 1.29 is 13.0 Å². The Balaban J connectivity index is 3.39. The topological polar surface area (TPSA) is 57.2 Å². The van der Waals surface area contributed by atoms with Crippen molar-refractivity contribution in [1.82, 2.24) is 0 Å². The minimum atomic E-state index is -4.49. The van der Waals surface area contributed by atoms with Crippen LogP contribution in [-0.2, 0) is 10.1 Å². The van der Waals surface area contributed by atoms with Gasteiger partial charge in [0.05, 0.1) is 9.92 Å². The van der Waals surface area contributed by atoms with Crippen LogP contribution in [0.4, 0.5) is 0 Å². The summed E-state index contributed by atoms with van der Waals surface area (Å²) < 4.78 is 31.4. The summed E-state index contributed by atoms with van der Waals surface area (Å²) in [6.45, 7) is 0. The zero-order valence-corrected chi connectivity index (χ0v) is 7.95. The van der Waals surface area contributed by atoms with E-state index in [9.17, 15) is 13.0 Å². The Morgan fingerprint density at radius 1 is 1.25 bits per heavy atom. The molecule has 0 bridgehead atoms. The fourth-order valence-electron chi connectivity index (χ4n) is 0.678. The summed E-state index contributed by atoms with van der Waals surface area (Å²) >= 11 is 10.9. The van der Waals surface area contributed by atoms with Crippen LogP contribution in [0.3, 0.4) is 0 Å². The van der Waals surface area contributed by atoms with Crippen molar-refractivity contribution >= 4 is 33.3 Å². The molecule has 1 rings (SSSR count). The van der Waals surface area contributed by atoms with Gasteiger partial charge in [0, 0.05) is 5.02 Å². The first-order chi connectivity index (χ1) is 5.41. The highest BCUT2D eigenvalue weighted by molar-refractivity contribution is 7.85. The summed E-state index contributed by atoms with van der Waals surface area (Å²) in [6, 6.07) is 3.57. The molecule has 0 aliphatic carbocycles. The third-order valence-corrected chi connectivity index (χ3v) is 2.72. The number of halogens is 2. The zero-order chi connectivity index (χ0) is 9.35. The molecular formula is C6H3Cl2O3S-. The van der Waals surface area contributed by atoms with E-state index in [1.165, 1.54) is 12.1 Å². The van der Waals surface area contributed by atoms with E-state index in [-0.39, 0.29) is 10.0 Å². The largest absolute Gasteiger partial charge is 0.744 e. The van der Waals surface area contributed by atoms with Gasteiger partial charge in [-0.25, -0.2) is 8.42 Å². The average Bonchev–Trinajstić information content (AvgIpc) is 1.83. The third kappa shape index (κ3) is 2.10. The first kappa shape index (κ1) is 9.80. The molecule has 0 N–H and O–H groups in total. The van der Waals surface area contributed by atoms with E-state index in [2.05, 4.69) is 0 Å². The van der Waals surface area contributed by atoms with Gasteiger partial charge in [0.25, 0.3) is 0 Å². The van der Waals surface area contributed by atoms with Crippen LogP contribution in [0.2, 0.25) is 10.0 Å². The fourth-order valence-corrected chi connectivity index (χ4v) is 1.90. The maximum Gasteiger partial charge on any atom is 0.125 e. The van der Waals surface area contributed by atoms with Gasteiger partial charge in [0.2, 0.25) is 0 Å². The number of hydrogen-bond donors (Lipinski definition) is 0. The maximum atomic E-state index is 10.5. The van der Waals surface area contributed by atoms with Gasteiger partial charge >= 0.3 is 0 Å². The quantitative estimate of drug-likeness (QED) is 0.687. The van der Waals surface area contributed by atoms with E-state index in [1.54, 1.807) is 0 Å². The summed E-state index contributed by atoms with van der Waals surface area (Å²) in [5.41, 5.74) is 0. The van der Waals surface area contributed by atoms with Gasteiger partial charge in [0.15, 0.2) is 0 Å². The zero-order valence-electron chi connectivity index (χ0n) is 5.62. The minimum absolute atomic E-state index is 0.155. The Hall–Kier alpha value is -0.290. The highest BCUT2D eigenvalue weighted by Gasteiger charge is 2.06. The SMILES string of the molecule is O=S(=O)([O-])c1ccc(Cl)cc1Cl. The van der Waals surface area contributed by atoms with Crippen LogP contribution >= 0.6 is 23.2 Å². The molecule has 12 heavy (non-hydrogen) atoms. The molecular weight excluding hydrogens is 223 g/mol. The second-order valence-electron chi connectivity index (χ2n) is 2.03. The van der Waals surface area contributed by atoms with E-state index in [0.717, 1.165) is 6.07 Å². The minimum Gasteiger partial charge on any atom is -0.744 e. The Kier molecular flexibility index (Phi) is 2.63. The Labute approximate surface area is 79.7 Å². The fraction of sp³-hybridized carbons (Fsp3) is 0. The molecule has 0 radical (unpaired) electrons. The molecule has 0 atom stereocenters. The molecule has 3 nitrogen and oxygen atoms in total. The van der Waals surface area contributed by atoms with Gasteiger partial charge in [-0.15, -0.1) is 0 Å². The molecule has 0 saturated carbocycles. The summed E-state index contributed by atoms with van der Waals surface area (Å²) in [5, 5.41) is 0.130. The lowest BCUT2D eigenvalue weighted by Crippen LogP contribution is -1.98. The smallest absolute Gasteiger partial charge is 0.125 e. The molecule has 0 aromatic heterocycles. The monoisotopic (exact) mass is 225 g/mol. The van der Waals surface area contributed by atoms with E-state index in [0.29, 0.717) is 0 Å². The van der Waals surface area contributed by atoms with E-state index < -0.39 is 15.0 Å². The van der Waals surface area contributed by atoms with E-state index >= 15 is 0 Å². The number of rotatable bonds is 1. The van der Waals surface area contributed by atoms with E-state index in [4.69, 9.17) is 23.2 Å². The Morgan fingerprint density at radius 2 is 1.83 bits per heavy atom. The van der Waals surface area contributed by atoms with Crippen molar-refractivity contribution in [3.63, 3.8) is 0 Å². The lowest BCUT2D eigenvalue weighted by molar-refractivity contribution is 0.463. The Morgan fingerprint density at radius 3 is 2.25 bits per heavy atom. The summed E-state index contributed by atoms with van der Waals surface area (Å²) in [7, 11) is -4.49. The van der Waals surface area contributed by atoms with Crippen molar-refractivity contribution in [2.45, 2.75) is 4.90 Å². The van der Waals surface area contributed by atoms with Gasteiger partial charge in [-0.2, -0.15) is 0 Å². The standard InChI is InChI=1S/C6H4Cl2O3S/c7-4-1-2-6(5(8)3-4)12(9,10)11/h1-3H,(H,9,10,11)/p-1. The molecule has 1 aromatic carbocycles. The summed E-state index contributed by atoms with van der Waals surface area (Å²) in [4.78, 5) is -0.450. The van der Waals surface area contributed by atoms with Crippen LogP contribution in [0.15, 0.2) is 23.1 Å². The summed E-state index contributed by atoms with van der Waals surface area (Å²) in [6.07, 6.45) is 0. The number of hydrogen-bond acceptors (Lipinski definition) is 3. The van der Waals surface area contributed by atoms with Crippen molar-refractivity contribution in [3.8, 4) is 0 Å². The van der Waals surface area contributed by atoms with Gasteiger partial charge in [-0.1, -0.05) is 23.2 Å². The molecule has 0 spiro atoms. The summed E-state index contributed by atoms with van der Waals surface area (Å²) in [5.74, 6) is 0. The molecule has 0 aliphatic rings. The van der Waals surface area contributed by atoms with Gasteiger partial charge in [-0.05, 0) is 18.2 Å². The second kappa shape index (κ2) is 3.22. The Bertz CT molecular complexity index is 399. The van der Waals surface area contributed by atoms with Gasteiger partial charge in [-0.3, -0.25) is 0 Å². The van der Waals surface area contributed by atoms with Crippen LogP contribution < -0.4 is 0 Å². The highest BCUT2D eigenvalue weighted by atomic mass is 35.5. The van der Waals surface area contributed by atoms with Crippen molar-refractivity contribution in [3.05, 3.63) is 28.2 Å². The van der Waals surface area contributed by atoms with Crippen molar-refractivity contribution in [2.24, 2.45) is 0 Å². The van der Waals surface area contributed by atoms with Crippen LogP contribution in [0.25, 0.3) is 0 Å². The molecule has 0 aliphatic heterocycles. The molecule has 66 valence electrons. The van der Waals surface area contributed by atoms with E-state index in [1.807, 2.05) is 0 Å². The predicted octanol–water partition coefficient (Wildman–Crippen LogP) is 1.90. The predicted molar refractivity (Wildman–Crippen MR) is 44.4 cm³/mol. The van der Waals surface area contributed by atoms with Gasteiger partial charge < -0.3 is 4.55 Å². The highest BCUT2D eigenvalue weighted by Crippen LogP contribution is 2.24. The molecule has 0 fully saturated rings. The first-order valence-corrected chi connectivity index (χ1v) is 4.98. The molecule has 0 saturated heterocycles. The number of benzene rings is 1. The average molecular weight is 226 g/mol. The second-order valence-corrected chi connectivity index (χ2v) is 4.22. The molecule has 0 unspecified atom stereocenters. The normalized spacial score (nSPS) is 11.6. The van der Waals surface area contributed by atoms with Crippen LogP contribution in [0.1, 0.15) is 0 Å². The van der Waals surface area contributed by atoms with Crippen molar-refractivity contribution in [1.29, 1.82) is 0 Å². The van der Waals surface area contributed by atoms with Crippen molar-refractivity contribution in [2.75, 3.05) is 0 Å². The molecule has 0 heterocycles. The van der Waals surface area contributed by atoms with Gasteiger partial charge in [0.1, 0.15) is 10.1 Å². The van der Waals surface area contributed by atoms with Crippen LogP contribution in [0, 0.1) is 0 Å². The first-order valence-electron chi connectivity index (χ1n) is 2.82. The maximum absolute atomic E-state index is 10.5. The lowest BCUT2D eigenvalue weighted by Gasteiger charge is -2.08. The lowest BCUT2D eigenvalue weighted by atomic mass is 10.4. The molecule has 0 amide bonds. The van der Waals surface area contributed by atoms with Crippen LogP contribution in [-0.4, -0.2) is 13.0 Å². The van der Waals surface area contributed by atoms with Crippen LogP contribution in [0.5, 0.6) is 0 Å². The molecule has 1 aromatic rings.